The van der Waals surface area contributed by atoms with Gasteiger partial charge in [0.2, 0.25) is 0 Å². The zero-order chi connectivity index (χ0) is 14.5. The molecule has 0 fully saturated rings. The van der Waals surface area contributed by atoms with Crippen LogP contribution < -0.4 is 0 Å². The summed E-state index contributed by atoms with van der Waals surface area (Å²) in [5.41, 5.74) is 0. The summed E-state index contributed by atoms with van der Waals surface area (Å²) in [4.78, 5) is 0. The van der Waals surface area contributed by atoms with Crippen molar-refractivity contribution in [1.29, 1.82) is 0 Å². The Morgan fingerprint density at radius 3 is 1.18 bits per heavy atom. The lowest BCUT2D eigenvalue weighted by atomic mass is 10.1. The maximum Gasteiger partial charge on any atom is 0.460 e. The molecule has 0 heterocycles. The lowest BCUT2D eigenvalue weighted by Crippen LogP contribution is -2.62. The molecule has 13 heteroatoms. The predicted octanol–water partition coefficient (Wildman–Crippen LogP) is 2.35. The summed E-state index contributed by atoms with van der Waals surface area (Å²) in [5, 5.41) is -6.54. The lowest BCUT2D eigenvalue weighted by Gasteiger charge is -2.31. The van der Waals surface area contributed by atoms with Gasteiger partial charge in [-0.15, -0.1) is 0 Å². The average Bonchev–Trinajstić information content (AvgIpc) is 1.98. The van der Waals surface area contributed by atoms with Crippen molar-refractivity contribution < 1.29 is 47.9 Å². The van der Waals surface area contributed by atoms with Crippen molar-refractivity contribution in [2.24, 2.45) is 0 Å². The second kappa shape index (κ2) is 3.87. The Labute approximate surface area is 90.0 Å². The fraction of sp³-hybridized carbons (Fsp3) is 1.00. The van der Waals surface area contributed by atoms with Crippen LogP contribution in [0.4, 0.5) is 39.5 Å². The van der Waals surface area contributed by atoms with Gasteiger partial charge in [0.25, 0.3) is 0 Å². The van der Waals surface area contributed by atoms with Crippen LogP contribution in [0.1, 0.15) is 0 Å². The van der Waals surface area contributed by atoms with Crippen LogP contribution >= 0.6 is 8.44 Å². The summed E-state index contributed by atoms with van der Waals surface area (Å²) in [6.07, 6.45) is -7.02. The first-order valence-corrected chi connectivity index (χ1v) is 6.66. The van der Waals surface area contributed by atoms with Gasteiger partial charge < -0.3 is 0 Å². The van der Waals surface area contributed by atoms with Crippen LogP contribution in [0, 0.1) is 0 Å². The van der Waals surface area contributed by atoms with E-state index in [9.17, 15) is 47.9 Å². The van der Waals surface area contributed by atoms with Gasteiger partial charge in [0.15, 0.2) is 0 Å². The van der Waals surface area contributed by atoms with Crippen LogP contribution in [0.2, 0.25) is 0 Å². The zero-order valence-electron chi connectivity index (χ0n) is 7.33. The molecule has 0 aliphatic rings. The highest BCUT2D eigenvalue weighted by atomic mass is 32.7. The van der Waals surface area contributed by atoms with Crippen LogP contribution in [-0.2, 0) is 9.46 Å². The highest BCUT2D eigenvalue weighted by molar-refractivity contribution is 8.38. The molecule has 104 valence electrons. The molecule has 0 aromatic carbocycles. The minimum Gasteiger partial charge on any atom is -0.191 e. The summed E-state index contributed by atoms with van der Waals surface area (Å²) < 4.78 is 129. The first kappa shape index (κ1) is 16.8. The van der Waals surface area contributed by atoms with Crippen LogP contribution in [0.3, 0.4) is 0 Å². The van der Waals surface area contributed by atoms with Crippen LogP contribution in [0.25, 0.3) is 0 Å². The van der Waals surface area contributed by atoms with Gasteiger partial charge in [0.1, 0.15) is 0 Å². The summed E-state index contributed by atoms with van der Waals surface area (Å²) >= 11 is 0. The second-order valence-electron chi connectivity index (χ2n) is 2.78. The molecule has 0 aliphatic carbocycles. The van der Waals surface area contributed by atoms with E-state index in [-0.39, 0.29) is 0 Å². The summed E-state index contributed by atoms with van der Waals surface area (Å²) in [6, 6.07) is 0. The van der Waals surface area contributed by atoms with Crippen LogP contribution in [-0.4, -0.2) is 31.7 Å². The standard InChI is InChI=1S/C4H2F9O2PS/c5-1(6,3(9,10)11)2(7,8)4(12,13)17(14,15)16/h16H2/p+1. The van der Waals surface area contributed by atoms with Crippen LogP contribution in [0.5, 0.6) is 0 Å². The summed E-state index contributed by atoms with van der Waals surface area (Å²) in [6.45, 7) is 0. The molecule has 17 heavy (non-hydrogen) atoms. The van der Waals surface area contributed by atoms with Gasteiger partial charge in [-0.3, -0.25) is 0 Å². The van der Waals surface area contributed by atoms with Crippen molar-refractivity contribution in [3.63, 3.8) is 0 Å². The van der Waals surface area contributed by atoms with E-state index < -0.39 is 41.2 Å². The molecule has 0 rings (SSSR count). The van der Waals surface area contributed by atoms with E-state index in [0.717, 1.165) is 0 Å². The molecule has 0 N–H and O–H groups in total. The fourth-order valence-corrected chi connectivity index (χ4v) is 1.62. The predicted molar refractivity (Wildman–Crippen MR) is 40.9 cm³/mol. The molecule has 2 nitrogen and oxygen atoms in total. The largest absolute Gasteiger partial charge is 0.460 e. The molecule has 0 amide bonds. The Kier molecular flexibility index (Phi) is 3.81. The number of halogens is 9. The van der Waals surface area contributed by atoms with Gasteiger partial charge in [0, 0.05) is 0 Å². The van der Waals surface area contributed by atoms with Gasteiger partial charge in [-0.2, -0.15) is 47.9 Å². The van der Waals surface area contributed by atoms with Gasteiger partial charge in [0.05, 0.1) is 8.44 Å². The maximum absolute atomic E-state index is 12.4. The topological polar surface area (TPSA) is 34.1 Å². The second-order valence-corrected chi connectivity index (χ2v) is 6.80. The molecule has 0 spiro atoms. The molecule has 0 aromatic rings. The highest BCUT2D eigenvalue weighted by Gasteiger charge is 2.85. The molecule has 0 aliphatic heterocycles. The van der Waals surface area contributed by atoms with Gasteiger partial charge in [-0.25, -0.2) is 0 Å². The highest BCUT2D eigenvalue weighted by Crippen LogP contribution is 2.55. The number of hydrogen-bond donors (Lipinski definition) is 0. The molecule has 1 unspecified atom stereocenters. The Balaban J connectivity index is 5.91. The SMILES string of the molecule is O=S(=O)([PH3+])C(F)(F)C(F)(F)C(F)(F)C(F)(F)F. The van der Waals surface area contributed by atoms with Gasteiger partial charge >= 0.3 is 32.7 Å². The Bertz CT molecular complexity index is 396. The quantitative estimate of drug-likeness (QED) is 0.591. The third kappa shape index (κ3) is 2.33. The molecule has 0 aromatic heterocycles. The van der Waals surface area contributed by atoms with Crippen molar-refractivity contribution in [2.45, 2.75) is 23.3 Å². The van der Waals surface area contributed by atoms with Crippen molar-refractivity contribution in [3.05, 3.63) is 0 Å². The van der Waals surface area contributed by atoms with E-state index in [0.29, 0.717) is 0 Å². The Morgan fingerprint density at radius 2 is 1.00 bits per heavy atom. The molecule has 0 saturated carbocycles. The number of rotatable bonds is 3. The average molecular weight is 317 g/mol. The van der Waals surface area contributed by atoms with Crippen molar-refractivity contribution in [1.82, 2.24) is 0 Å². The van der Waals surface area contributed by atoms with E-state index >= 15 is 0 Å². The zero-order valence-corrected chi connectivity index (χ0v) is 9.56. The normalized spacial score (nSPS) is 16.3. The first-order valence-electron chi connectivity index (χ1n) is 3.28. The number of hydrogen-bond acceptors (Lipinski definition) is 2. The van der Waals surface area contributed by atoms with E-state index in [4.69, 9.17) is 0 Å². The monoisotopic (exact) mass is 317 g/mol. The van der Waals surface area contributed by atoms with Gasteiger partial charge in [-0.05, 0) is 0 Å². The molecular weight excluding hydrogens is 314 g/mol. The molecule has 0 bridgehead atoms. The van der Waals surface area contributed by atoms with Crippen molar-refractivity contribution in [2.75, 3.05) is 0 Å². The van der Waals surface area contributed by atoms with E-state index in [2.05, 4.69) is 0 Å². The van der Waals surface area contributed by atoms with Crippen molar-refractivity contribution in [3.8, 4) is 0 Å². The third-order valence-electron chi connectivity index (χ3n) is 1.51. The van der Waals surface area contributed by atoms with E-state index in [1.807, 2.05) is 0 Å². The van der Waals surface area contributed by atoms with Crippen LogP contribution in [0.15, 0.2) is 0 Å². The summed E-state index contributed by atoms with van der Waals surface area (Å²) in [7, 11) is -6.96. The van der Waals surface area contributed by atoms with Gasteiger partial charge in [-0.1, -0.05) is 0 Å². The summed E-state index contributed by atoms with van der Waals surface area (Å²) in [5.74, 6) is -14.3. The lowest BCUT2D eigenvalue weighted by molar-refractivity contribution is -0.381. The van der Waals surface area contributed by atoms with E-state index in [1.54, 1.807) is 0 Å². The minimum absolute atomic E-state index is 0.816. The molecule has 0 radical (unpaired) electrons. The fourth-order valence-electron chi connectivity index (χ4n) is 0.556. The first-order chi connectivity index (χ1) is 7.00. The molecular formula is C4H3F9O2PS+. The smallest absolute Gasteiger partial charge is 0.191 e. The van der Waals surface area contributed by atoms with E-state index in [1.165, 1.54) is 0 Å². The Hall–Kier alpha value is -0.250. The Morgan fingerprint density at radius 1 is 0.706 bits per heavy atom. The van der Waals surface area contributed by atoms with Crippen molar-refractivity contribution >= 4 is 17.9 Å². The maximum atomic E-state index is 12.4. The third-order valence-corrected chi connectivity index (χ3v) is 3.63. The molecule has 1 atom stereocenters. The number of alkyl halides is 9. The minimum atomic E-state index is -7.18. The molecule has 0 saturated heterocycles.